The van der Waals surface area contributed by atoms with Crippen LogP contribution in [-0.4, -0.2) is 0 Å². The number of furan rings is 5. The first-order valence-corrected chi connectivity index (χ1v) is 48.2. The lowest BCUT2D eigenvalue weighted by atomic mass is 9.94. The van der Waals surface area contributed by atoms with Gasteiger partial charge in [0, 0.05) is 175 Å². The van der Waals surface area contributed by atoms with Crippen LogP contribution in [-0.2, 0) is 67.1 Å². The molecule has 20 aromatic rings. The zero-order chi connectivity index (χ0) is 128. The highest BCUT2D eigenvalue weighted by Gasteiger charge is 2.32. The molecule has 15 nitrogen and oxygen atoms in total. The normalized spacial score (nSPS) is 15.0. The number of fused-ring (bicyclic) bond motifs is 15. The Balaban J connectivity index is 0.000000150. The van der Waals surface area contributed by atoms with Crippen LogP contribution in [0.1, 0.15) is 218 Å². The van der Waals surface area contributed by atoms with Gasteiger partial charge in [-0.15, -0.1) is 0 Å². The third kappa shape index (κ3) is 20.0. The molecule has 0 radical (unpaired) electrons. The van der Waals surface area contributed by atoms with Gasteiger partial charge in [0.25, 0.3) is 0 Å². The zero-order valence-electron chi connectivity index (χ0n) is 114. The number of hydrogen-bond acceptors (Lipinski definition) is 5. The van der Waals surface area contributed by atoms with Crippen LogP contribution in [0.3, 0.4) is 0 Å². The van der Waals surface area contributed by atoms with Crippen LogP contribution in [0.2, 0.25) is 0 Å². The van der Waals surface area contributed by atoms with Crippen molar-refractivity contribution in [2.45, 2.75) is 205 Å². The topological polar surface area (TPSA) is 107 Å². The largest absolute Gasteiger partial charge is 0.456 e. The van der Waals surface area contributed by atoms with E-state index < -0.39 is 76.1 Å². The van der Waals surface area contributed by atoms with E-state index in [0.717, 1.165) is 71.9 Å². The van der Waals surface area contributed by atoms with Gasteiger partial charge in [-0.2, -0.15) is 22.8 Å². The summed E-state index contributed by atoms with van der Waals surface area (Å²) >= 11 is 0. The standard InChI is InChI=1S/5C26H27N2O/c2*1-15(2)10-19-12-18(5)28(7)22(13-19)25-17(4)11-16(3)24-21-9-8-20(27-6)14-23(21)29-26(24)25;1-15(2)10-19-12-18(5)28(7)22(13-19)25-16(3)8-9-21-24-17(4)11-20(27-6)14-23(24)29-26(21)25;1-15(2)10-19-12-18(5)28(7)23(13-19)25-16(3)8-9-20-21-11-17(4)22(27-6)14-24(21)29-26(20)25;1-15(2)12-19-13-17(4)28(7)23(14-19)24-16(3)8-9-21-20-10-11-22(27-6)18(5)25(20)29-26(21)24/h4*8-9,11-15H,10H2,1-5,7H3;8-11,13-15H,12H2,1-5,7H3/q5*+1/i3D3,10D2,12D,13D;3D3,10D2;4D3,10D2,12D,13D;10D2,12D,13D;12D2,13D,14D. The van der Waals surface area contributed by atoms with Gasteiger partial charge in [0.1, 0.15) is 91.1 Å². The smallest absolute Gasteiger partial charge is 0.216 e. The molecule has 0 fully saturated rings. The highest BCUT2D eigenvalue weighted by Crippen LogP contribution is 2.48. The molecule has 0 aliphatic heterocycles. The Hall–Kier alpha value is -15.6. The van der Waals surface area contributed by atoms with Gasteiger partial charge >= 0.3 is 0 Å². The van der Waals surface area contributed by atoms with E-state index in [1.807, 2.05) is 129 Å². The number of hydrogen-bond donors (Lipinski definition) is 0. The average molecular weight is 1940 g/mol. The summed E-state index contributed by atoms with van der Waals surface area (Å²) in [6.07, 6.45) is -9.07. The van der Waals surface area contributed by atoms with Gasteiger partial charge in [-0.3, -0.25) is 0 Å². The first-order chi connectivity index (χ1) is 79.8. The summed E-state index contributed by atoms with van der Waals surface area (Å²) in [4.78, 5) is 17.5. The molecule has 10 aromatic carbocycles. The van der Waals surface area contributed by atoms with E-state index in [2.05, 4.69) is 24.2 Å². The molecule has 0 bridgehead atoms. The van der Waals surface area contributed by atoms with Gasteiger partial charge < -0.3 is 22.1 Å². The average Bonchev–Trinajstić information content (AvgIpc) is 1.35. The molecule has 145 heavy (non-hydrogen) atoms. The molecule has 0 saturated heterocycles. The summed E-state index contributed by atoms with van der Waals surface area (Å²) in [5.74, 6) is -1.98. The minimum atomic E-state index is -2.48. The van der Waals surface area contributed by atoms with Crippen molar-refractivity contribution >= 4 is 138 Å². The van der Waals surface area contributed by atoms with Crippen molar-refractivity contribution in [2.75, 3.05) is 0 Å². The number of aromatic nitrogens is 5. The third-order valence-corrected chi connectivity index (χ3v) is 26.3. The second-order valence-corrected chi connectivity index (χ2v) is 38.9. The van der Waals surface area contributed by atoms with Crippen molar-refractivity contribution in [3.8, 4) is 56.3 Å². The third-order valence-electron chi connectivity index (χ3n) is 26.3. The first-order valence-electron chi connectivity index (χ1n) is 61.7. The van der Waals surface area contributed by atoms with Crippen molar-refractivity contribution in [1.29, 1.82) is 0 Å². The molecular weight excluding hydrogens is 1780 g/mol. The Morgan fingerprint density at radius 3 is 1.01 bits per heavy atom. The SMILES string of the molecule is [2H]C([2H])([2H])c1cc(C)c(-c2cc(C([2H])([2H])C(C)C)cc(C)[n+]2C)c2oc3cc([N+]#[C-])ccc3c12.[2H]c1c(C([2H])([2H])C(C)C)c([2H])c(-c2c(C)cc(C([2H])([2H])[2H])c3c2oc2cc([N+]#[C-])ccc23)[n+](C)c1C.[2H]c1c(C([2H])([2H])C(C)C)c([2H])c(-c2c(C)ccc3c2oc2c(C)c([N+]#[C-])ccc23)[n+](C)c1C.[2H]c1c(C([2H])([2H])C(C)C)c([2H])c(-c2c(C)ccc3c2oc2cc([N+]#[C-])c(C)cc23)[n+](C)c1C.[2H]c1c(C([2H])([2H])C(C)C)c([2H])c(-c2c(C)ccc3c2oc2cc([N+]#[C-])cc(C([2H])([2H])[2H])c23)[n+](C)c1C. The Kier molecular flexibility index (Phi) is 20.7. The fourth-order valence-corrected chi connectivity index (χ4v) is 18.8. The quantitative estimate of drug-likeness (QED) is 0.0751. The van der Waals surface area contributed by atoms with Gasteiger partial charge in [0.05, 0.1) is 71.6 Å². The van der Waals surface area contributed by atoms with Crippen LogP contribution in [0, 0.1) is 166 Å². The summed E-state index contributed by atoms with van der Waals surface area (Å²) in [6, 6.07) is 38.4. The lowest BCUT2D eigenvalue weighted by Gasteiger charge is -2.12. The van der Waals surface area contributed by atoms with Crippen LogP contribution in [0.5, 0.6) is 0 Å². The number of aryl methyl sites for hydroxylation is 11. The maximum absolute atomic E-state index is 9.08. The number of rotatable bonds is 15. The highest BCUT2D eigenvalue weighted by molar-refractivity contribution is 6.16. The van der Waals surface area contributed by atoms with Crippen molar-refractivity contribution in [2.24, 2.45) is 64.8 Å². The van der Waals surface area contributed by atoms with E-state index in [0.29, 0.717) is 179 Å². The van der Waals surface area contributed by atoms with E-state index in [-0.39, 0.29) is 110 Å². The maximum atomic E-state index is 9.08. The second-order valence-electron chi connectivity index (χ2n) is 38.9. The molecule has 0 spiro atoms. The minimum Gasteiger partial charge on any atom is -0.456 e. The van der Waals surface area contributed by atoms with Gasteiger partial charge in [-0.05, 0) is 238 Å². The second kappa shape index (κ2) is 41.4. The Labute approximate surface area is 892 Å². The Morgan fingerprint density at radius 1 is 0.262 bits per heavy atom. The predicted molar refractivity (Wildman–Crippen MR) is 597 cm³/mol. The van der Waals surface area contributed by atoms with E-state index in [4.69, 9.17) is 92.0 Å². The fourth-order valence-electron chi connectivity index (χ4n) is 18.8. The van der Waals surface area contributed by atoms with Crippen LogP contribution < -0.4 is 22.8 Å². The lowest BCUT2D eigenvalue weighted by molar-refractivity contribution is -0.666. The van der Waals surface area contributed by atoms with Gasteiger partial charge in [-0.1, -0.05) is 166 Å². The summed E-state index contributed by atoms with van der Waals surface area (Å²) in [5, 5.41) is 6.55. The van der Waals surface area contributed by atoms with E-state index in [1.165, 1.54) is 12.1 Å². The number of nitrogens with zero attached hydrogens (tertiary/aromatic N) is 10. The molecule has 0 amide bonds. The molecule has 0 aliphatic rings. The van der Waals surface area contributed by atoms with Crippen LogP contribution in [0.15, 0.2) is 204 Å². The van der Waals surface area contributed by atoms with Gasteiger partial charge in [0.2, 0.25) is 28.5 Å². The maximum Gasteiger partial charge on any atom is 0.216 e. The predicted octanol–water partition coefficient (Wildman–Crippen LogP) is 33.8. The number of pyridine rings is 5. The van der Waals surface area contributed by atoms with E-state index in [1.54, 1.807) is 203 Å². The van der Waals surface area contributed by atoms with Crippen LogP contribution >= 0.6 is 0 Å². The molecule has 730 valence electrons. The molecule has 10 aromatic heterocycles. The molecule has 0 saturated carbocycles. The highest BCUT2D eigenvalue weighted by atomic mass is 16.3. The molecule has 20 rings (SSSR count). The van der Waals surface area contributed by atoms with Gasteiger partial charge in [0.15, 0.2) is 56.9 Å². The van der Waals surface area contributed by atoms with Crippen molar-refractivity contribution in [3.63, 3.8) is 0 Å². The lowest BCUT2D eigenvalue weighted by Crippen LogP contribution is -2.35. The minimum absolute atomic E-state index is 0.000818. The molecule has 10 heterocycles. The monoisotopic (exact) mass is 1940 g/mol. The van der Waals surface area contributed by atoms with Crippen molar-refractivity contribution < 1.29 is 81.9 Å². The summed E-state index contributed by atoms with van der Waals surface area (Å²) in [6.45, 7) is 69.3. The number of benzene rings is 10. The molecule has 0 atom stereocenters. The summed E-state index contributed by atoms with van der Waals surface area (Å²) in [7, 11) is 8.94. The molecule has 15 heteroatoms. The fraction of sp³-hybridized carbons (Fsp3) is 0.308. The van der Waals surface area contributed by atoms with E-state index >= 15 is 0 Å². The Bertz CT molecular complexity index is 10300. The van der Waals surface area contributed by atoms with Crippen molar-refractivity contribution in [1.82, 2.24) is 0 Å². The zero-order valence-corrected chi connectivity index (χ0v) is 87.1. The first kappa shape index (κ1) is 72.6. The van der Waals surface area contributed by atoms with Crippen molar-refractivity contribution in [3.05, 3.63) is 351 Å². The Morgan fingerprint density at radius 2 is 0.593 bits per heavy atom. The van der Waals surface area contributed by atoms with Crippen LogP contribution in [0.4, 0.5) is 28.4 Å². The van der Waals surface area contributed by atoms with E-state index in [9.17, 15) is 0 Å². The van der Waals surface area contributed by atoms with Crippen LogP contribution in [0.25, 0.3) is 190 Å². The molecule has 0 N–H and O–H groups in total. The molecule has 0 aliphatic carbocycles. The molecule has 0 unspecified atom stereocenters. The summed E-state index contributed by atoms with van der Waals surface area (Å²) < 4.78 is 271. The van der Waals surface area contributed by atoms with Gasteiger partial charge in [-0.25, -0.2) is 24.2 Å². The molecular formula is C130H135N10O5+5. The summed E-state index contributed by atoms with van der Waals surface area (Å²) in [5.41, 5.74) is 21.7.